The Balaban J connectivity index is 3.36. The summed E-state index contributed by atoms with van der Waals surface area (Å²) in [6, 6.07) is 1.05. The molecular formula is C7H7F2NOP2. The summed E-state index contributed by atoms with van der Waals surface area (Å²) in [6.07, 6.45) is 0. The Morgan fingerprint density at radius 2 is 2.00 bits per heavy atom. The van der Waals surface area contributed by atoms with E-state index in [0.29, 0.717) is 10.6 Å². The Morgan fingerprint density at radius 3 is 2.54 bits per heavy atom. The maximum Gasteiger partial charge on any atom is 0.164 e. The predicted molar refractivity (Wildman–Crippen MR) is 54.5 cm³/mol. The number of hydrogen-bond acceptors (Lipinski definition) is 2. The molecular weight excluding hydrogens is 214 g/mol. The quantitative estimate of drug-likeness (QED) is 0.545. The third kappa shape index (κ3) is 2.07. The molecule has 0 N–H and O–H groups in total. The first kappa shape index (κ1) is 10.6. The molecule has 1 aromatic carbocycles. The SMILES string of the molecule is O=NCc1c(F)c(F)cc(P)c1P. The molecule has 2 atom stereocenters. The minimum absolute atomic E-state index is 0.00926. The van der Waals surface area contributed by atoms with E-state index >= 15 is 0 Å². The lowest BCUT2D eigenvalue weighted by Gasteiger charge is -2.06. The monoisotopic (exact) mass is 221 g/mol. The van der Waals surface area contributed by atoms with E-state index in [-0.39, 0.29) is 12.1 Å². The molecule has 0 amide bonds. The maximum atomic E-state index is 13.0. The third-order valence-electron chi connectivity index (χ3n) is 1.62. The average Bonchev–Trinajstić information content (AvgIpc) is 2.09. The van der Waals surface area contributed by atoms with E-state index < -0.39 is 11.6 Å². The Hall–Kier alpha value is -0.460. The summed E-state index contributed by atoms with van der Waals surface area (Å²) in [4.78, 5) is 9.95. The van der Waals surface area contributed by atoms with Crippen LogP contribution in [-0.4, -0.2) is 0 Å². The van der Waals surface area contributed by atoms with Crippen LogP contribution in [0.2, 0.25) is 0 Å². The molecule has 0 saturated heterocycles. The first-order valence-electron chi connectivity index (χ1n) is 3.39. The zero-order chi connectivity index (χ0) is 10.0. The summed E-state index contributed by atoms with van der Waals surface area (Å²) in [5, 5.41) is 3.49. The molecule has 0 aliphatic rings. The lowest BCUT2D eigenvalue weighted by molar-refractivity contribution is 0.501. The van der Waals surface area contributed by atoms with Crippen LogP contribution in [0.1, 0.15) is 5.56 Å². The number of hydrogen-bond donors (Lipinski definition) is 0. The molecule has 0 fully saturated rings. The van der Waals surface area contributed by atoms with E-state index in [0.717, 1.165) is 6.07 Å². The second-order valence-corrected chi connectivity index (χ2v) is 3.64. The van der Waals surface area contributed by atoms with E-state index in [4.69, 9.17) is 0 Å². The fourth-order valence-electron chi connectivity index (χ4n) is 0.933. The molecule has 0 aromatic heterocycles. The van der Waals surface area contributed by atoms with Crippen LogP contribution in [0.4, 0.5) is 8.78 Å². The molecule has 0 spiro atoms. The summed E-state index contributed by atoms with van der Waals surface area (Å²) < 4.78 is 25.8. The third-order valence-corrected chi connectivity index (χ3v) is 3.11. The second-order valence-electron chi connectivity index (χ2n) is 2.44. The van der Waals surface area contributed by atoms with Gasteiger partial charge < -0.3 is 0 Å². The van der Waals surface area contributed by atoms with Gasteiger partial charge >= 0.3 is 0 Å². The van der Waals surface area contributed by atoms with Crippen molar-refractivity contribution in [3.05, 3.63) is 28.2 Å². The largest absolute Gasteiger partial charge is 0.204 e. The minimum Gasteiger partial charge on any atom is -0.204 e. The van der Waals surface area contributed by atoms with Gasteiger partial charge in [-0.25, -0.2) is 8.78 Å². The molecule has 13 heavy (non-hydrogen) atoms. The molecule has 1 rings (SSSR count). The van der Waals surface area contributed by atoms with Crippen LogP contribution in [0.25, 0.3) is 0 Å². The average molecular weight is 221 g/mol. The zero-order valence-corrected chi connectivity index (χ0v) is 8.86. The van der Waals surface area contributed by atoms with Crippen LogP contribution in [-0.2, 0) is 6.54 Å². The van der Waals surface area contributed by atoms with Gasteiger partial charge in [0.2, 0.25) is 0 Å². The number of nitroso groups, excluding NO2 is 1. The number of halogens is 2. The predicted octanol–water partition coefficient (Wildman–Crippen LogP) is 1.23. The summed E-state index contributed by atoms with van der Waals surface area (Å²) in [5.74, 6) is -1.97. The van der Waals surface area contributed by atoms with Gasteiger partial charge in [0.15, 0.2) is 11.6 Å². The Labute approximate surface area is 78.5 Å². The molecule has 0 bridgehead atoms. The first-order chi connectivity index (χ1) is 6.07. The number of rotatable bonds is 2. The highest BCUT2D eigenvalue weighted by atomic mass is 31.0. The summed E-state index contributed by atoms with van der Waals surface area (Å²) >= 11 is 0. The van der Waals surface area contributed by atoms with Crippen molar-refractivity contribution >= 4 is 29.1 Å². The molecule has 0 saturated carbocycles. The fourth-order valence-corrected chi connectivity index (χ4v) is 1.56. The number of nitrogens with zero attached hydrogens (tertiary/aromatic N) is 1. The molecule has 70 valence electrons. The van der Waals surface area contributed by atoms with Gasteiger partial charge in [0.05, 0.1) is 0 Å². The Kier molecular flexibility index (Phi) is 3.40. The van der Waals surface area contributed by atoms with Crippen LogP contribution in [0, 0.1) is 16.5 Å². The molecule has 1 aromatic rings. The van der Waals surface area contributed by atoms with Gasteiger partial charge in [-0.3, -0.25) is 0 Å². The Bertz CT molecular complexity index is 331. The van der Waals surface area contributed by atoms with Crippen LogP contribution in [0.5, 0.6) is 0 Å². The van der Waals surface area contributed by atoms with Crippen LogP contribution >= 0.6 is 18.5 Å². The van der Waals surface area contributed by atoms with E-state index in [1.165, 1.54) is 0 Å². The van der Waals surface area contributed by atoms with Crippen molar-refractivity contribution in [3.8, 4) is 0 Å². The van der Waals surface area contributed by atoms with Crippen molar-refractivity contribution < 1.29 is 8.78 Å². The van der Waals surface area contributed by atoms with Gasteiger partial charge in [0.1, 0.15) is 6.54 Å². The van der Waals surface area contributed by atoms with Crippen LogP contribution in [0.3, 0.4) is 0 Å². The lowest BCUT2D eigenvalue weighted by Crippen LogP contribution is -2.19. The molecule has 0 aliphatic carbocycles. The molecule has 6 heteroatoms. The zero-order valence-electron chi connectivity index (χ0n) is 6.55. The van der Waals surface area contributed by atoms with Crippen molar-refractivity contribution in [2.75, 3.05) is 0 Å². The summed E-state index contributed by atoms with van der Waals surface area (Å²) in [6.45, 7) is -0.357. The van der Waals surface area contributed by atoms with Gasteiger partial charge in [-0.1, -0.05) is 5.18 Å². The highest BCUT2D eigenvalue weighted by Crippen LogP contribution is 2.13. The molecule has 0 radical (unpaired) electrons. The molecule has 0 heterocycles. The maximum absolute atomic E-state index is 13.0. The van der Waals surface area contributed by atoms with E-state index in [2.05, 4.69) is 23.7 Å². The van der Waals surface area contributed by atoms with Crippen molar-refractivity contribution in [1.29, 1.82) is 0 Å². The van der Waals surface area contributed by atoms with Crippen molar-refractivity contribution in [1.82, 2.24) is 0 Å². The van der Waals surface area contributed by atoms with E-state index in [9.17, 15) is 13.7 Å². The summed E-state index contributed by atoms with van der Waals surface area (Å²) in [5.41, 5.74) is -0.00926. The van der Waals surface area contributed by atoms with Gasteiger partial charge in [-0.15, -0.1) is 18.5 Å². The fraction of sp³-hybridized carbons (Fsp3) is 0.143. The first-order valence-corrected chi connectivity index (χ1v) is 4.54. The summed E-state index contributed by atoms with van der Waals surface area (Å²) in [7, 11) is 4.51. The van der Waals surface area contributed by atoms with Gasteiger partial charge in [0.25, 0.3) is 0 Å². The van der Waals surface area contributed by atoms with E-state index in [1.807, 2.05) is 0 Å². The second kappa shape index (κ2) is 4.17. The van der Waals surface area contributed by atoms with Crippen molar-refractivity contribution in [2.45, 2.75) is 6.54 Å². The molecule has 2 nitrogen and oxygen atoms in total. The normalized spacial score (nSPS) is 10.2. The topological polar surface area (TPSA) is 29.4 Å². The van der Waals surface area contributed by atoms with Crippen LogP contribution in [0.15, 0.2) is 11.2 Å². The van der Waals surface area contributed by atoms with Crippen molar-refractivity contribution in [2.24, 2.45) is 5.18 Å². The minimum atomic E-state index is -1.00. The van der Waals surface area contributed by atoms with Gasteiger partial charge in [-0.2, -0.15) is 4.91 Å². The Morgan fingerprint density at radius 1 is 1.38 bits per heavy atom. The highest BCUT2D eigenvalue weighted by molar-refractivity contribution is 7.36. The van der Waals surface area contributed by atoms with Gasteiger partial charge in [0, 0.05) is 5.56 Å². The molecule has 0 aliphatic heterocycles. The van der Waals surface area contributed by atoms with E-state index in [1.54, 1.807) is 0 Å². The van der Waals surface area contributed by atoms with Gasteiger partial charge in [-0.05, 0) is 16.7 Å². The standard InChI is InChI=1S/C7H7F2NOP2/c8-4-1-5(12)7(13)3(2-10-11)6(4)9/h1H,2,12-13H2. The van der Waals surface area contributed by atoms with Crippen LogP contribution < -0.4 is 10.6 Å². The lowest BCUT2D eigenvalue weighted by atomic mass is 10.2. The highest BCUT2D eigenvalue weighted by Gasteiger charge is 2.13. The molecule has 2 unspecified atom stereocenters. The number of benzene rings is 1. The smallest absolute Gasteiger partial charge is 0.164 e. The van der Waals surface area contributed by atoms with Crippen molar-refractivity contribution in [3.63, 3.8) is 0 Å².